The normalized spacial score (nSPS) is 14.1. The van der Waals surface area contributed by atoms with Crippen LogP contribution in [0, 0.1) is 0 Å². The van der Waals surface area contributed by atoms with Crippen LogP contribution in [0.25, 0.3) is 0 Å². The Morgan fingerprint density at radius 3 is 2.50 bits per heavy atom. The van der Waals surface area contributed by atoms with Gasteiger partial charge in [-0.25, -0.2) is 0 Å². The Morgan fingerprint density at radius 2 is 1.95 bits per heavy atom. The van der Waals surface area contributed by atoms with Crippen molar-refractivity contribution in [2.24, 2.45) is 0 Å². The van der Waals surface area contributed by atoms with E-state index in [1.807, 2.05) is 42.2 Å². The molecule has 0 radical (unpaired) electrons. The molecule has 0 aromatic heterocycles. The second-order valence-corrected chi connectivity index (χ2v) is 5.29. The van der Waals surface area contributed by atoms with Crippen LogP contribution in [0.3, 0.4) is 0 Å². The van der Waals surface area contributed by atoms with Crippen LogP contribution in [0.1, 0.15) is 32.8 Å². The summed E-state index contributed by atoms with van der Waals surface area (Å²) in [4.78, 5) is 13.6. The first kappa shape index (κ1) is 16.7. The average Bonchev–Trinajstić information content (AvgIpc) is 2.39. The fourth-order valence-corrected chi connectivity index (χ4v) is 1.99. The molecular weight excluding hydrogens is 254 g/mol. The fourth-order valence-electron chi connectivity index (χ4n) is 1.99. The summed E-state index contributed by atoms with van der Waals surface area (Å²) in [6.07, 6.45) is 0.640. The second kappa shape index (κ2) is 8.02. The molecule has 1 aromatic carbocycles. The summed E-state index contributed by atoms with van der Waals surface area (Å²) < 4.78 is 5.00. The molecule has 0 fully saturated rings. The SMILES string of the molecule is CCOC(=O)CN(Cc1ccccc1)CC(C)(O)CC. The van der Waals surface area contributed by atoms with E-state index in [2.05, 4.69) is 0 Å². The van der Waals surface area contributed by atoms with E-state index in [9.17, 15) is 9.90 Å². The molecule has 4 nitrogen and oxygen atoms in total. The number of rotatable bonds is 8. The number of nitrogens with zero attached hydrogens (tertiary/aromatic N) is 1. The standard InChI is InChI=1S/C16H25NO3/c1-4-16(3,19)13-17(12-15(18)20-5-2)11-14-9-7-6-8-10-14/h6-10,19H,4-5,11-13H2,1-3H3. The van der Waals surface area contributed by atoms with Gasteiger partial charge in [0.15, 0.2) is 0 Å². The Balaban J connectivity index is 2.71. The van der Waals surface area contributed by atoms with Crippen molar-refractivity contribution in [2.75, 3.05) is 19.7 Å². The van der Waals surface area contributed by atoms with Gasteiger partial charge >= 0.3 is 5.97 Å². The number of esters is 1. The van der Waals surface area contributed by atoms with Crippen LogP contribution >= 0.6 is 0 Å². The first-order valence-corrected chi connectivity index (χ1v) is 7.11. The predicted molar refractivity (Wildman–Crippen MR) is 79.3 cm³/mol. The Labute approximate surface area is 121 Å². The predicted octanol–water partition coefficient (Wildman–Crippen LogP) is 2.21. The van der Waals surface area contributed by atoms with Crippen LogP contribution < -0.4 is 0 Å². The minimum Gasteiger partial charge on any atom is -0.465 e. The number of hydrogen-bond acceptors (Lipinski definition) is 4. The zero-order valence-electron chi connectivity index (χ0n) is 12.6. The molecule has 112 valence electrons. The van der Waals surface area contributed by atoms with E-state index in [4.69, 9.17) is 4.74 Å². The molecule has 0 heterocycles. The number of carbonyl (C=O) groups excluding carboxylic acids is 1. The van der Waals surface area contributed by atoms with Crippen molar-refractivity contribution in [3.05, 3.63) is 35.9 Å². The van der Waals surface area contributed by atoms with Crippen LogP contribution in [0.4, 0.5) is 0 Å². The Morgan fingerprint density at radius 1 is 1.30 bits per heavy atom. The van der Waals surface area contributed by atoms with Gasteiger partial charge in [0.05, 0.1) is 18.8 Å². The minimum atomic E-state index is -0.804. The van der Waals surface area contributed by atoms with Crippen molar-refractivity contribution in [1.82, 2.24) is 4.90 Å². The topological polar surface area (TPSA) is 49.8 Å². The van der Waals surface area contributed by atoms with Gasteiger partial charge in [-0.1, -0.05) is 37.3 Å². The van der Waals surface area contributed by atoms with Gasteiger partial charge in [0.2, 0.25) is 0 Å². The fraction of sp³-hybridized carbons (Fsp3) is 0.562. The Hall–Kier alpha value is -1.39. The minimum absolute atomic E-state index is 0.193. The van der Waals surface area contributed by atoms with Crippen LogP contribution in [0.2, 0.25) is 0 Å². The van der Waals surface area contributed by atoms with Gasteiger partial charge < -0.3 is 9.84 Å². The maximum absolute atomic E-state index is 11.7. The summed E-state index contributed by atoms with van der Waals surface area (Å²) in [6.45, 7) is 7.15. The van der Waals surface area contributed by atoms with E-state index >= 15 is 0 Å². The van der Waals surface area contributed by atoms with E-state index in [1.165, 1.54) is 0 Å². The summed E-state index contributed by atoms with van der Waals surface area (Å²) in [5.41, 5.74) is 0.310. The van der Waals surface area contributed by atoms with Crippen molar-refractivity contribution in [3.63, 3.8) is 0 Å². The average molecular weight is 279 g/mol. The summed E-state index contributed by atoms with van der Waals surface area (Å²) in [5, 5.41) is 10.2. The first-order valence-electron chi connectivity index (χ1n) is 7.11. The molecule has 0 amide bonds. The second-order valence-electron chi connectivity index (χ2n) is 5.29. The molecule has 20 heavy (non-hydrogen) atoms. The number of aliphatic hydroxyl groups is 1. The molecule has 1 unspecified atom stereocenters. The summed E-state index contributed by atoms with van der Waals surface area (Å²) >= 11 is 0. The highest BCUT2D eigenvalue weighted by Gasteiger charge is 2.23. The van der Waals surface area contributed by atoms with Crippen molar-refractivity contribution >= 4 is 5.97 Å². The molecule has 0 aliphatic carbocycles. The molecule has 0 saturated carbocycles. The highest BCUT2D eigenvalue weighted by Crippen LogP contribution is 2.13. The molecule has 0 bridgehead atoms. The Kier molecular flexibility index (Phi) is 6.68. The number of hydrogen-bond donors (Lipinski definition) is 1. The van der Waals surface area contributed by atoms with Crippen LogP contribution in [-0.2, 0) is 16.1 Å². The largest absolute Gasteiger partial charge is 0.465 e. The van der Waals surface area contributed by atoms with Gasteiger partial charge in [-0.3, -0.25) is 9.69 Å². The Bertz CT molecular complexity index is 403. The lowest BCUT2D eigenvalue weighted by Gasteiger charge is -2.30. The smallest absolute Gasteiger partial charge is 0.320 e. The van der Waals surface area contributed by atoms with Gasteiger partial charge in [0.1, 0.15) is 0 Å². The van der Waals surface area contributed by atoms with Crippen molar-refractivity contribution in [2.45, 2.75) is 39.3 Å². The molecule has 1 N–H and O–H groups in total. The molecule has 0 spiro atoms. The summed E-state index contributed by atoms with van der Waals surface area (Å²) in [6, 6.07) is 9.92. The number of benzene rings is 1. The van der Waals surface area contributed by atoms with E-state index in [0.717, 1.165) is 5.56 Å². The maximum Gasteiger partial charge on any atom is 0.320 e. The van der Waals surface area contributed by atoms with Gasteiger partial charge in [-0.15, -0.1) is 0 Å². The molecule has 4 heteroatoms. The molecular formula is C16H25NO3. The summed E-state index contributed by atoms with van der Waals surface area (Å²) in [5.74, 6) is -0.254. The van der Waals surface area contributed by atoms with Gasteiger partial charge in [0.25, 0.3) is 0 Å². The molecule has 1 rings (SSSR count). The van der Waals surface area contributed by atoms with Crippen LogP contribution in [0.15, 0.2) is 30.3 Å². The highest BCUT2D eigenvalue weighted by molar-refractivity contribution is 5.71. The number of ether oxygens (including phenoxy) is 1. The van der Waals surface area contributed by atoms with Crippen molar-refractivity contribution in [1.29, 1.82) is 0 Å². The summed E-state index contributed by atoms with van der Waals surface area (Å²) in [7, 11) is 0. The highest BCUT2D eigenvalue weighted by atomic mass is 16.5. The van der Waals surface area contributed by atoms with E-state index in [-0.39, 0.29) is 12.5 Å². The molecule has 1 aromatic rings. The quantitative estimate of drug-likeness (QED) is 0.741. The lowest BCUT2D eigenvalue weighted by Crippen LogP contribution is -2.42. The van der Waals surface area contributed by atoms with Crippen molar-refractivity contribution < 1.29 is 14.6 Å². The van der Waals surface area contributed by atoms with Gasteiger partial charge in [-0.2, -0.15) is 0 Å². The molecule has 0 aliphatic heterocycles. The van der Waals surface area contributed by atoms with Crippen LogP contribution in [-0.4, -0.2) is 41.3 Å². The zero-order valence-corrected chi connectivity index (χ0v) is 12.6. The third-order valence-corrected chi connectivity index (χ3v) is 3.23. The van der Waals surface area contributed by atoms with E-state index in [0.29, 0.717) is 26.1 Å². The van der Waals surface area contributed by atoms with Gasteiger partial charge in [-0.05, 0) is 25.8 Å². The number of carbonyl (C=O) groups is 1. The maximum atomic E-state index is 11.7. The third-order valence-electron chi connectivity index (χ3n) is 3.23. The van der Waals surface area contributed by atoms with Gasteiger partial charge in [0, 0.05) is 13.1 Å². The van der Waals surface area contributed by atoms with E-state index < -0.39 is 5.60 Å². The molecule has 1 atom stereocenters. The molecule has 0 aliphatic rings. The van der Waals surface area contributed by atoms with Crippen molar-refractivity contribution in [3.8, 4) is 0 Å². The third kappa shape index (κ3) is 6.17. The van der Waals surface area contributed by atoms with E-state index in [1.54, 1.807) is 13.8 Å². The molecule has 0 saturated heterocycles. The first-order chi connectivity index (χ1) is 9.46. The lowest BCUT2D eigenvalue weighted by atomic mass is 10.0. The monoisotopic (exact) mass is 279 g/mol. The lowest BCUT2D eigenvalue weighted by molar-refractivity contribution is -0.145. The van der Waals surface area contributed by atoms with Crippen LogP contribution in [0.5, 0.6) is 0 Å². The zero-order chi connectivity index (χ0) is 15.0.